The van der Waals surface area contributed by atoms with Gasteiger partial charge in [-0.2, -0.15) is 0 Å². The van der Waals surface area contributed by atoms with Gasteiger partial charge in [-0.1, -0.05) is 12.8 Å². The largest absolute Gasteiger partial charge is 2.00 e. The molecule has 1 aliphatic rings. The molecule has 0 bridgehead atoms. The molecule has 0 aliphatic heterocycles. The number of rotatable bonds is 2. The number of hydrogen-bond donors (Lipinski definition) is 2. The fourth-order valence-corrected chi connectivity index (χ4v) is 1.62. The van der Waals surface area contributed by atoms with Crippen LogP contribution in [-0.2, 0) is 21.1 Å². The van der Waals surface area contributed by atoms with E-state index < -0.39 is 0 Å². The van der Waals surface area contributed by atoms with Crippen LogP contribution in [0.1, 0.15) is 25.7 Å². The van der Waals surface area contributed by atoms with Gasteiger partial charge in [0.05, 0.1) is 0 Å². The van der Waals surface area contributed by atoms with Crippen LogP contribution >= 0.6 is 0 Å². The van der Waals surface area contributed by atoms with Crippen molar-refractivity contribution in [1.82, 2.24) is 0 Å². The molecular weight excluding hydrogens is 307 g/mol. The Morgan fingerprint density at radius 1 is 1.00 bits per heavy atom. The summed E-state index contributed by atoms with van der Waals surface area (Å²) in [6.07, 6.45) is 5.16. The minimum absolute atomic E-state index is 0. The molecule has 0 aromatic carbocycles. The van der Waals surface area contributed by atoms with Gasteiger partial charge in [0.15, 0.2) is 0 Å². The van der Waals surface area contributed by atoms with Gasteiger partial charge in [0.1, 0.15) is 0 Å². The van der Waals surface area contributed by atoms with Gasteiger partial charge < -0.3 is 11.5 Å². The average Bonchev–Trinajstić information content (AvgIpc) is 2.36. The standard InChI is InChI=1S/C7H16N2.Pt/c8-5-7(6-9)3-1-2-4-7;/h1-6,8-9H2;/q;+2. The molecule has 1 aliphatic carbocycles. The molecule has 0 saturated heterocycles. The van der Waals surface area contributed by atoms with E-state index in [0.717, 1.165) is 13.1 Å². The summed E-state index contributed by atoms with van der Waals surface area (Å²) in [7, 11) is 0. The zero-order valence-electron chi connectivity index (χ0n) is 6.21. The summed E-state index contributed by atoms with van der Waals surface area (Å²) in [5.74, 6) is 0. The summed E-state index contributed by atoms with van der Waals surface area (Å²) in [6, 6.07) is 0. The van der Waals surface area contributed by atoms with Gasteiger partial charge in [-0.15, -0.1) is 0 Å². The molecular formula is C7H16N2Pt+2. The van der Waals surface area contributed by atoms with Crippen molar-refractivity contribution in [3.63, 3.8) is 0 Å². The van der Waals surface area contributed by atoms with Crippen LogP contribution in [0.3, 0.4) is 0 Å². The maximum absolute atomic E-state index is 5.60. The summed E-state index contributed by atoms with van der Waals surface area (Å²) in [6.45, 7) is 1.56. The van der Waals surface area contributed by atoms with Gasteiger partial charge >= 0.3 is 21.1 Å². The number of hydrogen-bond acceptors (Lipinski definition) is 2. The van der Waals surface area contributed by atoms with E-state index in [0.29, 0.717) is 5.41 Å². The molecule has 62 valence electrons. The van der Waals surface area contributed by atoms with E-state index in [4.69, 9.17) is 11.5 Å². The van der Waals surface area contributed by atoms with Crippen molar-refractivity contribution in [2.45, 2.75) is 25.7 Å². The SMILES string of the molecule is NCC1(CN)CCCC1.[Pt+2]. The predicted molar refractivity (Wildman–Crippen MR) is 39.0 cm³/mol. The zero-order valence-corrected chi connectivity index (χ0v) is 8.49. The van der Waals surface area contributed by atoms with Crippen molar-refractivity contribution in [2.24, 2.45) is 16.9 Å². The summed E-state index contributed by atoms with van der Waals surface area (Å²) in [5.41, 5.74) is 11.5. The van der Waals surface area contributed by atoms with Gasteiger partial charge in [0.25, 0.3) is 0 Å². The molecule has 10 heavy (non-hydrogen) atoms. The molecule has 0 aromatic heterocycles. The third kappa shape index (κ3) is 2.05. The molecule has 3 heteroatoms. The second kappa shape index (κ2) is 4.48. The molecule has 2 nitrogen and oxygen atoms in total. The minimum Gasteiger partial charge on any atom is -0.330 e. The molecule has 0 unspecified atom stereocenters. The summed E-state index contributed by atoms with van der Waals surface area (Å²) < 4.78 is 0. The van der Waals surface area contributed by atoms with Gasteiger partial charge in [-0.05, 0) is 31.3 Å². The molecule has 1 fully saturated rings. The van der Waals surface area contributed by atoms with Crippen molar-refractivity contribution in [2.75, 3.05) is 13.1 Å². The molecule has 0 radical (unpaired) electrons. The Kier molecular flexibility index (Phi) is 4.75. The Morgan fingerprint density at radius 2 is 1.40 bits per heavy atom. The maximum atomic E-state index is 5.60. The molecule has 0 aromatic rings. The third-order valence-electron chi connectivity index (χ3n) is 2.53. The molecule has 1 rings (SSSR count). The third-order valence-corrected chi connectivity index (χ3v) is 2.53. The van der Waals surface area contributed by atoms with Gasteiger partial charge in [0, 0.05) is 0 Å². The monoisotopic (exact) mass is 323 g/mol. The Labute approximate surface area is 77.0 Å². The first-order valence-corrected chi connectivity index (χ1v) is 3.73. The first kappa shape index (κ1) is 10.6. The fourth-order valence-electron chi connectivity index (χ4n) is 1.62. The molecule has 0 amide bonds. The molecule has 0 atom stereocenters. The van der Waals surface area contributed by atoms with Crippen LogP contribution < -0.4 is 11.5 Å². The smallest absolute Gasteiger partial charge is 0.330 e. The average molecular weight is 323 g/mol. The molecule has 4 N–H and O–H groups in total. The normalized spacial score (nSPS) is 22.2. The first-order valence-electron chi connectivity index (χ1n) is 3.73. The van der Waals surface area contributed by atoms with Gasteiger partial charge in [-0.3, -0.25) is 0 Å². The van der Waals surface area contributed by atoms with Crippen LogP contribution in [0.15, 0.2) is 0 Å². The van der Waals surface area contributed by atoms with Crippen LogP contribution in [0.2, 0.25) is 0 Å². The molecule has 0 spiro atoms. The molecule has 0 heterocycles. The van der Waals surface area contributed by atoms with Crippen molar-refractivity contribution in [3.05, 3.63) is 0 Å². The second-order valence-corrected chi connectivity index (χ2v) is 3.12. The second-order valence-electron chi connectivity index (χ2n) is 3.12. The Bertz CT molecular complexity index is 83.6. The van der Waals surface area contributed by atoms with E-state index in [2.05, 4.69) is 0 Å². The van der Waals surface area contributed by atoms with Crippen molar-refractivity contribution >= 4 is 0 Å². The Balaban J connectivity index is 0.000000810. The quantitative estimate of drug-likeness (QED) is 0.776. The van der Waals surface area contributed by atoms with Crippen LogP contribution in [0.4, 0.5) is 0 Å². The summed E-state index contributed by atoms with van der Waals surface area (Å²) in [5, 5.41) is 0. The van der Waals surface area contributed by atoms with E-state index in [-0.39, 0.29) is 21.1 Å². The Hall–Kier alpha value is 0.608. The van der Waals surface area contributed by atoms with Crippen molar-refractivity contribution < 1.29 is 21.1 Å². The van der Waals surface area contributed by atoms with E-state index in [1.807, 2.05) is 0 Å². The fraction of sp³-hybridized carbons (Fsp3) is 1.00. The van der Waals surface area contributed by atoms with E-state index in [9.17, 15) is 0 Å². The minimum atomic E-state index is 0. The summed E-state index contributed by atoms with van der Waals surface area (Å²) in [4.78, 5) is 0. The maximum Gasteiger partial charge on any atom is 2.00 e. The van der Waals surface area contributed by atoms with Crippen LogP contribution in [0.5, 0.6) is 0 Å². The van der Waals surface area contributed by atoms with Crippen LogP contribution in [-0.4, -0.2) is 13.1 Å². The predicted octanol–water partition coefficient (Wildman–Crippen LogP) is 0.462. The first-order chi connectivity index (χ1) is 4.33. The zero-order chi connectivity index (χ0) is 6.74. The van der Waals surface area contributed by atoms with Gasteiger partial charge in [-0.25, -0.2) is 0 Å². The van der Waals surface area contributed by atoms with E-state index in [1.165, 1.54) is 25.7 Å². The van der Waals surface area contributed by atoms with Crippen LogP contribution in [0.25, 0.3) is 0 Å². The van der Waals surface area contributed by atoms with Crippen molar-refractivity contribution in [1.29, 1.82) is 0 Å². The molecule has 1 saturated carbocycles. The van der Waals surface area contributed by atoms with Crippen molar-refractivity contribution in [3.8, 4) is 0 Å². The summed E-state index contributed by atoms with van der Waals surface area (Å²) >= 11 is 0. The van der Waals surface area contributed by atoms with Crippen LogP contribution in [0, 0.1) is 5.41 Å². The topological polar surface area (TPSA) is 52.0 Å². The van der Waals surface area contributed by atoms with E-state index >= 15 is 0 Å². The number of nitrogens with two attached hydrogens (primary N) is 2. The van der Waals surface area contributed by atoms with Gasteiger partial charge in [0.2, 0.25) is 0 Å². The van der Waals surface area contributed by atoms with E-state index in [1.54, 1.807) is 0 Å². The Morgan fingerprint density at radius 3 is 1.60 bits per heavy atom.